The summed E-state index contributed by atoms with van der Waals surface area (Å²) in [5, 5.41) is 7.49. The Bertz CT molecular complexity index is 761. The molecule has 2 rings (SSSR count). The summed E-state index contributed by atoms with van der Waals surface area (Å²) in [4.78, 5) is 23.1. The van der Waals surface area contributed by atoms with E-state index in [1.54, 1.807) is 18.0 Å². The smallest absolute Gasteiger partial charge is 0.271 e. The molecule has 0 unspecified atom stereocenters. The molecule has 0 saturated carbocycles. The quantitative estimate of drug-likeness (QED) is 0.573. The lowest BCUT2D eigenvalue weighted by Gasteiger charge is -2.33. The van der Waals surface area contributed by atoms with Crippen LogP contribution >= 0.6 is 11.8 Å². The number of rotatable bonds is 8. The van der Waals surface area contributed by atoms with Crippen LogP contribution in [0, 0.1) is 0 Å². The van der Waals surface area contributed by atoms with Gasteiger partial charge in [0, 0.05) is 19.1 Å². The number of likely N-dealkylation sites (N-methyl/N-ethyl adjacent to an activating group) is 1. The van der Waals surface area contributed by atoms with Crippen molar-refractivity contribution in [3.63, 3.8) is 0 Å². The fraction of sp³-hybridized carbons (Fsp3) is 0.550. The van der Waals surface area contributed by atoms with Gasteiger partial charge < -0.3 is 21.3 Å². The highest BCUT2D eigenvalue weighted by molar-refractivity contribution is 8.02. The van der Waals surface area contributed by atoms with Crippen LogP contribution < -0.4 is 21.3 Å². The van der Waals surface area contributed by atoms with Gasteiger partial charge in [-0.15, -0.1) is 11.8 Å². The van der Waals surface area contributed by atoms with Crippen LogP contribution in [0.4, 0.5) is 11.6 Å². The highest BCUT2D eigenvalue weighted by Gasteiger charge is 2.22. The summed E-state index contributed by atoms with van der Waals surface area (Å²) in [6.45, 7) is 8.12. The fourth-order valence-electron chi connectivity index (χ4n) is 3.08. The molecule has 2 heterocycles. The average molecular weight is 405 g/mol. The lowest BCUT2D eigenvalue weighted by atomic mass is 10.1. The molecule has 4 N–H and O–H groups in total. The molecule has 1 aromatic heterocycles. The molecule has 1 atom stereocenters. The molecule has 154 valence electrons. The van der Waals surface area contributed by atoms with Gasteiger partial charge in [-0.05, 0) is 58.1 Å². The Balaban J connectivity index is 2.35. The topological polar surface area (TPSA) is 96.2 Å². The number of thioether (sulfide) groups is 1. The lowest BCUT2D eigenvalue weighted by Crippen LogP contribution is -2.44. The molecule has 7 nitrogen and oxygen atoms in total. The van der Waals surface area contributed by atoms with Crippen molar-refractivity contribution in [2.75, 3.05) is 36.6 Å². The predicted octanol–water partition coefficient (Wildman–Crippen LogP) is 3.13. The molecule has 1 fully saturated rings. The Morgan fingerprint density at radius 3 is 2.82 bits per heavy atom. The van der Waals surface area contributed by atoms with E-state index in [0.29, 0.717) is 11.9 Å². The average Bonchev–Trinajstić information content (AvgIpc) is 2.72. The summed E-state index contributed by atoms with van der Waals surface area (Å²) in [7, 11) is 1.98. The molecular formula is C20H32N6OS. The van der Waals surface area contributed by atoms with Crippen LogP contribution in [-0.4, -0.2) is 48.3 Å². The van der Waals surface area contributed by atoms with Crippen molar-refractivity contribution in [2.45, 2.75) is 46.1 Å². The van der Waals surface area contributed by atoms with Gasteiger partial charge in [-0.2, -0.15) is 0 Å². The monoisotopic (exact) mass is 404 g/mol. The van der Waals surface area contributed by atoms with Gasteiger partial charge in [0.05, 0.1) is 11.2 Å². The molecule has 0 bridgehead atoms. The van der Waals surface area contributed by atoms with Crippen molar-refractivity contribution in [2.24, 2.45) is 5.73 Å². The molecule has 8 heteroatoms. The zero-order valence-corrected chi connectivity index (χ0v) is 18.3. The minimum atomic E-state index is -0.592. The van der Waals surface area contributed by atoms with E-state index in [4.69, 9.17) is 10.7 Å². The van der Waals surface area contributed by atoms with Crippen molar-refractivity contribution < 1.29 is 4.79 Å². The molecule has 1 aromatic rings. The second kappa shape index (κ2) is 10.5. The number of primary amides is 1. The Kier molecular flexibility index (Phi) is 8.32. The Labute approximate surface area is 172 Å². The Hall–Kier alpha value is -2.06. The van der Waals surface area contributed by atoms with Crippen LogP contribution in [0.1, 0.15) is 50.5 Å². The molecule has 0 aromatic carbocycles. The largest absolute Gasteiger partial charge is 0.364 e. The molecule has 28 heavy (non-hydrogen) atoms. The van der Waals surface area contributed by atoms with Gasteiger partial charge >= 0.3 is 0 Å². The van der Waals surface area contributed by atoms with Gasteiger partial charge in [-0.25, -0.2) is 9.97 Å². The minimum absolute atomic E-state index is 0.153. The number of carbonyl (C=O) groups is 1. The third kappa shape index (κ3) is 5.72. The molecule has 0 spiro atoms. The van der Waals surface area contributed by atoms with Crippen molar-refractivity contribution in [3.05, 3.63) is 34.1 Å². The predicted molar refractivity (Wildman–Crippen MR) is 119 cm³/mol. The van der Waals surface area contributed by atoms with Gasteiger partial charge in [0.2, 0.25) is 0 Å². The SMILES string of the molecule is CCC(C)=C(C)/C=C(/Nc1nc(N2CCC[C@@H](NC)C2)cnc1C(N)=O)SC. The highest BCUT2D eigenvalue weighted by Crippen LogP contribution is 2.24. The van der Waals surface area contributed by atoms with Gasteiger partial charge in [0.15, 0.2) is 11.5 Å². The van der Waals surface area contributed by atoms with E-state index in [-0.39, 0.29) is 5.69 Å². The first-order valence-corrected chi connectivity index (χ1v) is 10.9. The summed E-state index contributed by atoms with van der Waals surface area (Å²) < 4.78 is 0. The van der Waals surface area contributed by atoms with Crippen molar-refractivity contribution in [1.29, 1.82) is 0 Å². The summed E-state index contributed by atoms with van der Waals surface area (Å²) >= 11 is 1.56. The number of hydrogen-bond donors (Lipinski definition) is 3. The number of nitrogens with zero attached hydrogens (tertiary/aromatic N) is 3. The number of nitrogens with two attached hydrogens (primary N) is 1. The van der Waals surface area contributed by atoms with E-state index in [1.165, 1.54) is 11.1 Å². The van der Waals surface area contributed by atoms with Gasteiger partial charge in [0.1, 0.15) is 5.82 Å². The van der Waals surface area contributed by atoms with Crippen LogP contribution in [0.25, 0.3) is 0 Å². The van der Waals surface area contributed by atoms with E-state index in [1.807, 2.05) is 13.3 Å². The Morgan fingerprint density at radius 1 is 1.46 bits per heavy atom. The maximum absolute atomic E-state index is 11.9. The second-order valence-corrected chi connectivity index (χ2v) is 7.87. The number of piperidine rings is 1. The first-order valence-electron chi connectivity index (χ1n) is 9.67. The lowest BCUT2D eigenvalue weighted by molar-refractivity contribution is 0.0996. The van der Waals surface area contributed by atoms with E-state index >= 15 is 0 Å². The number of allylic oxidation sites excluding steroid dienone is 3. The van der Waals surface area contributed by atoms with E-state index in [0.717, 1.165) is 43.2 Å². The van der Waals surface area contributed by atoms with Crippen molar-refractivity contribution in [3.8, 4) is 0 Å². The molecule has 1 amide bonds. The number of amides is 1. The fourth-order valence-corrected chi connectivity index (χ4v) is 3.58. The first-order chi connectivity index (χ1) is 13.4. The second-order valence-electron chi connectivity index (χ2n) is 7.02. The summed E-state index contributed by atoms with van der Waals surface area (Å²) in [5.74, 6) is 0.565. The highest BCUT2D eigenvalue weighted by atomic mass is 32.2. The third-order valence-corrected chi connectivity index (χ3v) is 5.82. The number of carbonyl (C=O) groups excluding carboxylic acids is 1. The van der Waals surface area contributed by atoms with Crippen molar-refractivity contribution >= 4 is 29.3 Å². The van der Waals surface area contributed by atoms with Gasteiger partial charge in [-0.1, -0.05) is 12.5 Å². The molecule has 1 aliphatic heterocycles. The first kappa shape index (κ1) is 22.2. The van der Waals surface area contributed by atoms with Crippen LogP contribution in [0.3, 0.4) is 0 Å². The molecular weight excluding hydrogens is 372 g/mol. The van der Waals surface area contributed by atoms with E-state index in [2.05, 4.69) is 47.4 Å². The number of aromatic nitrogens is 2. The van der Waals surface area contributed by atoms with Crippen LogP contribution in [0.2, 0.25) is 0 Å². The van der Waals surface area contributed by atoms with Crippen LogP contribution in [-0.2, 0) is 0 Å². The van der Waals surface area contributed by atoms with Crippen LogP contribution in [0.5, 0.6) is 0 Å². The van der Waals surface area contributed by atoms with Crippen molar-refractivity contribution in [1.82, 2.24) is 15.3 Å². The summed E-state index contributed by atoms with van der Waals surface area (Å²) in [6, 6.07) is 0.425. The number of nitrogens with one attached hydrogen (secondary N) is 2. The standard InChI is InChI=1S/C20H32N6OS/c1-6-13(2)14(3)10-17(28-5)25-20-18(19(21)27)23-11-16(24-20)26-9-7-8-15(12-26)22-4/h10-11,15,22H,6-9,12H2,1-5H3,(H2,21,27)(H,24,25)/b14-13?,17-10-/t15-/m1/s1. The van der Waals surface area contributed by atoms with E-state index < -0.39 is 5.91 Å². The maximum atomic E-state index is 11.9. The number of anilines is 2. The summed E-state index contributed by atoms with van der Waals surface area (Å²) in [6.07, 6.45) is 8.92. The third-order valence-electron chi connectivity index (χ3n) is 5.16. The summed E-state index contributed by atoms with van der Waals surface area (Å²) in [5.41, 5.74) is 8.19. The maximum Gasteiger partial charge on any atom is 0.271 e. The Morgan fingerprint density at radius 2 is 2.21 bits per heavy atom. The van der Waals surface area contributed by atoms with E-state index in [9.17, 15) is 4.79 Å². The van der Waals surface area contributed by atoms with Gasteiger partial charge in [0.25, 0.3) is 5.91 Å². The van der Waals surface area contributed by atoms with Crippen LogP contribution in [0.15, 0.2) is 28.4 Å². The molecule has 0 aliphatic carbocycles. The molecule has 1 saturated heterocycles. The zero-order chi connectivity index (χ0) is 20.7. The normalized spacial score (nSPS) is 18.7. The molecule has 0 radical (unpaired) electrons. The molecule has 1 aliphatic rings. The number of hydrogen-bond acceptors (Lipinski definition) is 7. The zero-order valence-electron chi connectivity index (χ0n) is 17.5. The minimum Gasteiger partial charge on any atom is -0.364 e. The van der Waals surface area contributed by atoms with Gasteiger partial charge in [-0.3, -0.25) is 4.79 Å².